The van der Waals surface area contributed by atoms with E-state index in [9.17, 15) is 23.8 Å². The lowest BCUT2D eigenvalue weighted by Gasteiger charge is -2.20. The Labute approximate surface area is 354 Å². The Kier molecular flexibility index (Phi) is 40.6. The summed E-state index contributed by atoms with van der Waals surface area (Å²) in [5.41, 5.74) is 5.34. The van der Waals surface area contributed by atoms with Crippen LogP contribution >= 0.6 is 7.82 Å². The molecule has 0 radical (unpaired) electrons. The van der Waals surface area contributed by atoms with Crippen molar-refractivity contribution in [3.05, 3.63) is 12.2 Å². The molecule has 0 aliphatic rings. The average Bonchev–Trinajstić information content (AvgIpc) is 3.20. The second kappa shape index (κ2) is 41.9. The molecule has 58 heavy (non-hydrogen) atoms. The van der Waals surface area contributed by atoms with Gasteiger partial charge < -0.3 is 25.2 Å². The Hall–Kier alpha value is -1.78. The van der Waals surface area contributed by atoms with Crippen LogP contribution in [0, 0.1) is 0 Å². The summed E-state index contributed by atoms with van der Waals surface area (Å²) in [5.74, 6) is -2.36. The molecule has 11 nitrogen and oxygen atoms in total. The smallest absolute Gasteiger partial charge is 0.472 e. The number of esters is 2. The predicted octanol–water partition coefficient (Wildman–Crippen LogP) is 12.8. The number of allylic oxidation sites excluding steroid dienone is 2. The maximum absolute atomic E-state index is 12.7. The summed E-state index contributed by atoms with van der Waals surface area (Å²) in [4.78, 5) is 46.0. The van der Waals surface area contributed by atoms with Crippen molar-refractivity contribution in [2.75, 3.05) is 19.8 Å². The molecular weight excluding hydrogens is 757 g/mol. The van der Waals surface area contributed by atoms with E-state index in [-0.39, 0.29) is 19.4 Å². The highest BCUT2D eigenvalue weighted by atomic mass is 31.2. The van der Waals surface area contributed by atoms with Crippen molar-refractivity contribution in [3.63, 3.8) is 0 Å². The minimum absolute atomic E-state index is 0.167. The Morgan fingerprint density at radius 2 is 0.879 bits per heavy atom. The van der Waals surface area contributed by atoms with Crippen molar-refractivity contribution < 1.29 is 47.5 Å². The zero-order valence-electron chi connectivity index (χ0n) is 37.2. The highest BCUT2D eigenvalue weighted by molar-refractivity contribution is 7.47. The largest absolute Gasteiger partial charge is 0.480 e. The van der Waals surface area contributed by atoms with Crippen LogP contribution in [0.3, 0.4) is 0 Å². The van der Waals surface area contributed by atoms with Crippen LogP contribution in [-0.4, -0.2) is 59.9 Å². The zero-order valence-corrected chi connectivity index (χ0v) is 38.1. The Balaban J connectivity index is 4.26. The predicted molar refractivity (Wildman–Crippen MR) is 236 cm³/mol. The number of phosphoric acid groups is 1. The first-order chi connectivity index (χ1) is 28.1. The molecule has 0 aromatic rings. The number of phosphoric ester groups is 1. The van der Waals surface area contributed by atoms with E-state index in [0.717, 1.165) is 38.5 Å². The van der Waals surface area contributed by atoms with Gasteiger partial charge in [0.25, 0.3) is 0 Å². The molecule has 342 valence electrons. The van der Waals surface area contributed by atoms with Gasteiger partial charge in [-0.3, -0.25) is 23.4 Å². The van der Waals surface area contributed by atoms with Crippen LogP contribution in [0.15, 0.2) is 12.2 Å². The Morgan fingerprint density at radius 3 is 1.31 bits per heavy atom. The summed E-state index contributed by atoms with van der Waals surface area (Å²) in [6.45, 7) is 2.81. The van der Waals surface area contributed by atoms with E-state index in [2.05, 4.69) is 30.5 Å². The molecule has 0 aromatic carbocycles. The number of ether oxygens (including phenoxy) is 2. The van der Waals surface area contributed by atoms with Gasteiger partial charge in [0, 0.05) is 12.8 Å². The normalized spacial score (nSPS) is 13.7. The van der Waals surface area contributed by atoms with E-state index in [1.807, 2.05) is 0 Å². The molecule has 0 saturated heterocycles. The molecule has 0 bridgehead atoms. The van der Waals surface area contributed by atoms with Gasteiger partial charge in [0.1, 0.15) is 12.6 Å². The van der Waals surface area contributed by atoms with Gasteiger partial charge in [-0.1, -0.05) is 199 Å². The molecule has 1 unspecified atom stereocenters. The number of unbranched alkanes of at least 4 members (excludes halogenated alkanes) is 29. The average molecular weight is 846 g/mol. The number of carboxylic acids is 1. The molecule has 0 aliphatic carbocycles. The molecular formula is C46H88NO10P. The summed E-state index contributed by atoms with van der Waals surface area (Å²) in [7, 11) is -4.71. The number of hydrogen-bond acceptors (Lipinski definition) is 9. The van der Waals surface area contributed by atoms with Crippen molar-refractivity contribution in [3.8, 4) is 0 Å². The van der Waals surface area contributed by atoms with Gasteiger partial charge in [-0.25, -0.2) is 4.57 Å². The van der Waals surface area contributed by atoms with Crippen molar-refractivity contribution in [2.24, 2.45) is 5.73 Å². The minimum Gasteiger partial charge on any atom is -0.480 e. The molecule has 0 saturated carbocycles. The van der Waals surface area contributed by atoms with Crippen LogP contribution < -0.4 is 5.73 Å². The maximum Gasteiger partial charge on any atom is 0.472 e. The summed E-state index contributed by atoms with van der Waals surface area (Å²) in [6, 6.07) is -1.52. The monoisotopic (exact) mass is 846 g/mol. The number of hydrogen-bond donors (Lipinski definition) is 3. The van der Waals surface area contributed by atoms with E-state index in [4.69, 9.17) is 24.8 Å². The van der Waals surface area contributed by atoms with Gasteiger partial charge in [-0.15, -0.1) is 0 Å². The number of carbonyl (C=O) groups excluding carboxylic acids is 2. The summed E-state index contributed by atoms with van der Waals surface area (Å²) in [5, 5.41) is 8.90. The molecule has 0 heterocycles. The number of carbonyl (C=O) groups is 3. The lowest BCUT2D eigenvalue weighted by Crippen LogP contribution is -2.34. The van der Waals surface area contributed by atoms with E-state index >= 15 is 0 Å². The van der Waals surface area contributed by atoms with Gasteiger partial charge in [-0.05, 0) is 32.1 Å². The first-order valence-electron chi connectivity index (χ1n) is 23.7. The van der Waals surface area contributed by atoms with E-state index in [1.165, 1.54) is 154 Å². The second-order valence-corrected chi connectivity index (χ2v) is 17.7. The lowest BCUT2D eigenvalue weighted by molar-refractivity contribution is -0.161. The first-order valence-corrected chi connectivity index (χ1v) is 25.2. The van der Waals surface area contributed by atoms with Gasteiger partial charge >= 0.3 is 25.7 Å². The third-order valence-corrected chi connectivity index (χ3v) is 11.5. The topological polar surface area (TPSA) is 172 Å². The zero-order chi connectivity index (χ0) is 42.8. The van der Waals surface area contributed by atoms with Crippen LogP contribution in [0.2, 0.25) is 0 Å². The molecule has 0 fully saturated rings. The third-order valence-electron chi connectivity index (χ3n) is 10.5. The van der Waals surface area contributed by atoms with Crippen LogP contribution in [0.25, 0.3) is 0 Å². The molecule has 0 aliphatic heterocycles. The fourth-order valence-electron chi connectivity index (χ4n) is 6.75. The molecule has 0 spiro atoms. The van der Waals surface area contributed by atoms with Crippen LogP contribution in [0.4, 0.5) is 0 Å². The molecule has 12 heteroatoms. The summed E-state index contributed by atoms with van der Waals surface area (Å²) < 4.78 is 32.8. The van der Waals surface area contributed by atoms with Crippen LogP contribution in [0.5, 0.6) is 0 Å². The number of nitrogens with two attached hydrogens (primary N) is 1. The third kappa shape index (κ3) is 41.0. The minimum atomic E-state index is -4.71. The highest BCUT2D eigenvalue weighted by Gasteiger charge is 2.28. The fraction of sp³-hybridized carbons (Fsp3) is 0.891. The highest BCUT2D eigenvalue weighted by Crippen LogP contribution is 2.43. The Morgan fingerprint density at radius 1 is 0.517 bits per heavy atom. The van der Waals surface area contributed by atoms with Gasteiger partial charge in [0.2, 0.25) is 0 Å². The maximum atomic E-state index is 12.7. The van der Waals surface area contributed by atoms with Crippen LogP contribution in [0.1, 0.15) is 232 Å². The number of rotatable bonds is 45. The molecule has 0 aromatic heterocycles. The van der Waals surface area contributed by atoms with Crippen LogP contribution in [-0.2, 0) is 37.5 Å². The van der Waals surface area contributed by atoms with E-state index < -0.39 is 51.1 Å². The van der Waals surface area contributed by atoms with Crippen molar-refractivity contribution in [1.82, 2.24) is 0 Å². The van der Waals surface area contributed by atoms with E-state index in [0.29, 0.717) is 12.8 Å². The standard InChI is InChI=1S/C46H88NO10P/c1-3-5-7-9-11-13-15-17-19-20-21-22-24-26-28-30-32-34-36-38-45(49)57-42(40-55-58(52,53)56-41-43(47)46(50)51)39-54-44(48)37-35-33-31-29-27-25-23-18-16-14-12-10-8-6-4-2/h10,12,42-43H,3-9,11,13-41,47H2,1-2H3,(H,50,51)(H,52,53)/b12-10+/t42-,43+/m1/s1. The summed E-state index contributed by atoms with van der Waals surface area (Å²) >= 11 is 0. The van der Waals surface area contributed by atoms with Gasteiger partial charge in [0.05, 0.1) is 13.2 Å². The summed E-state index contributed by atoms with van der Waals surface area (Å²) in [6.07, 6.45) is 42.7. The van der Waals surface area contributed by atoms with Crippen molar-refractivity contribution >= 4 is 25.7 Å². The van der Waals surface area contributed by atoms with E-state index in [1.54, 1.807) is 0 Å². The van der Waals surface area contributed by atoms with Gasteiger partial charge in [0.15, 0.2) is 6.10 Å². The number of carboxylic acid groups (broad SMARTS) is 1. The molecule has 0 amide bonds. The quantitative estimate of drug-likeness (QED) is 0.0230. The van der Waals surface area contributed by atoms with Crippen molar-refractivity contribution in [2.45, 2.75) is 244 Å². The lowest BCUT2D eigenvalue weighted by atomic mass is 10.0. The first kappa shape index (κ1) is 56.2. The SMILES string of the molecule is CCCC/C=C/CCCCCCCCCCCC(=O)OC[C@H](COP(=O)(O)OC[C@H](N)C(=O)O)OC(=O)CCCCCCCCCCCCCCCCCCCCC. The molecule has 3 atom stereocenters. The molecule has 0 rings (SSSR count). The van der Waals surface area contributed by atoms with Crippen molar-refractivity contribution in [1.29, 1.82) is 0 Å². The second-order valence-electron chi connectivity index (χ2n) is 16.2. The Bertz CT molecular complexity index is 1040. The number of aliphatic carboxylic acids is 1. The fourth-order valence-corrected chi connectivity index (χ4v) is 7.53. The molecule has 4 N–H and O–H groups in total. The van der Waals surface area contributed by atoms with Gasteiger partial charge in [-0.2, -0.15) is 0 Å².